The number of hydrogen-bond acceptors (Lipinski definition) is 3. The molecule has 0 aromatic carbocycles. The Bertz CT molecular complexity index is 237. The molecular formula is C10H14OS2. The van der Waals surface area contributed by atoms with Gasteiger partial charge in [0.05, 0.1) is 10.3 Å². The number of aliphatic hydroxyl groups is 1. The van der Waals surface area contributed by atoms with Crippen LogP contribution in [0, 0.1) is 0 Å². The van der Waals surface area contributed by atoms with Crippen LogP contribution < -0.4 is 0 Å². The molecule has 2 rings (SSSR count). The molecule has 1 heterocycles. The lowest BCUT2D eigenvalue weighted by atomic mass is 9.97. The van der Waals surface area contributed by atoms with Crippen LogP contribution in [0.3, 0.4) is 0 Å². The van der Waals surface area contributed by atoms with Crippen molar-refractivity contribution in [2.45, 2.75) is 41.2 Å². The SMILES string of the molecule is OC1CCC(Sc2cccs2)CC1. The summed E-state index contributed by atoms with van der Waals surface area (Å²) in [7, 11) is 0. The summed E-state index contributed by atoms with van der Waals surface area (Å²) in [4.78, 5) is 0. The van der Waals surface area contributed by atoms with Gasteiger partial charge in [-0.1, -0.05) is 6.07 Å². The molecule has 1 saturated carbocycles. The van der Waals surface area contributed by atoms with E-state index in [2.05, 4.69) is 17.5 Å². The van der Waals surface area contributed by atoms with Crippen LogP contribution in [0.4, 0.5) is 0 Å². The van der Waals surface area contributed by atoms with Crippen molar-refractivity contribution in [3.8, 4) is 0 Å². The molecule has 13 heavy (non-hydrogen) atoms. The quantitative estimate of drug-likeness (QED) is 0.816. The maximum absolute atomic E-state index is 9.35. The molecule has 3 heteroatoms. The van der Waals surface area contributed by atoms with E-state index in [-0.39, 0.29) is 6.10 Å². The largest absolute Gasteiger partial charge is 0.393 e. The molecule has 0 radical (unpaired) electrons. The van der Waals surface area contributed by atoms with Gasteiger partial charge in [0, 0.05) is 5.25 Å². The van der Waals surface area contributed by atoms with Gasteiger partial charge in [-0.3, -0.25) is 0 Å². The van der Waals surface area contributed by atoms with E-state index in [0.29, 0.717) is 0 Å². The lowest BCUT2D eigenvalue weighted by Crippen LogP contribution is -2.19. The summed E-state index contributed by atoms with van der Waals surface area (Å²) >= 11 is 3.80. The molecular weight excluding hydrogens is 200 g/mol. The van der Waals surface area contributed by atoms with E-state index >= 15 is 0 Å². The Hall–Kier alpha value is 0.01000. The van der Waals surface area contributed by atoms with Crippen molar-refractivity contribution < 1.29 is 5.11 Å². The Labute approximate surface area is 87.2 Å². The van der Waals surface area contributed by atoms with Crippen molar-refractivity contribution in [1.29, 1.82) is 0 Å². The van der Waals surface area contributed by atoms with Crippen molar-refractivity contribution in [3.63, 3.8) is 0 Å². The third kappa shape index (κ3) is 2.73. The fourth-order valence-corrected chi connectivity index (χ4v) is 3.90. The Morgan fingerprint density at radius 2 is 2.08 bits per heavy atom. The van der Waals surface area contributed by atoms with E-state index in [1.807, 2.05) is 23.1 Å². The first-order valence-corrected chi connectivity index (χ1v) is 6.49. The molecule has 1 aromatic rings. The van der Waals surface area contributed by atoms with E-state index in [4.69, 9.17) is 0 Å². The van der Waals surface area contributed by atoms with Crippen LogP contribution in [-0.4, -0.2) is 16.5 Å². The van der Waals surface area contributed by atoms with Gasteiger partial charge in [-0.25, -0.2) is 0 Å². The van der Waals surface area contributed by atoms with Gasteiger partial charge in [-0.2, -0.15) is 0 Å². The molecule has 1 aliphatic carbocycles. The highest BCUT2D eigenvalue weighted by Crippen LogP contribution is 2.35. The molecule has 0 bridgehead atoms. The molecule has 0 aliphatic heterocycles. The Balaban J connectivity index is 1.83. The second-order valence-electron chi connectivity index (χ2n) is 3.48. The third-order valence-corrected chi connectivity index (χ3v) is 4.83. The Morgan fingerprint density at radius 1 is 1.31 bits per heavy atom. The zero-order valence-electron chi connectivity index (χ0n) is 7.48. The van der Waals surface area contributed by atoms with Gasteiger partial charge in [-0.15, -0.1) is 23.1 Å². The van der Waals surface area contributed by atoms with Crippen LogP contribution in [0.5, 0.6) is 0 Å². The highest BCUT2D eigenvalue weighted by Gasteiger charge is 2.20. The molecule has 0 saturated heterocycles. The zero-order valence-corrected chi connectivity index (χ0v) is 9.11. The lowest BCUT2D eigenvalue weighted by molar-refractivity contribution is 0.132. The molecule has 1 aliphatic rings. The molecule has 0 unspecified atom stereocenters. The van der Waals surface area contributed by atoms with Gasteiger partial charge in [0.2, 0.25) is 0 Å². The van der Waals surface area contributed by atoms with E-state index in [0.717, 1.165) is 18.1 Å². The van der Waals surface area contributed by atoms with Crippen LogP contribution in [0.1, 0.15) is 25.7 Å². The fraction of sp³-hybridized carbons (Fsp3) is 0.600. The fourth-order valence-electron chi connectivity index (χ4n) is 1.66. The minimum atomic E-state index is -0.0276. The van der Waals surface area contributed by atoms with Gasteiger partial charge >= 0.3 is 0 Å². The van der Waals surface area contributed by atoms with Crippen LogP contribution in [0.25, 0.3) is 0 Å². The summed E-state index contributed by atoms with van der Waals surface area (Å²) < 4.78 is 1.42. The first-order chi connectivity index (χ1) is 6.34. The zero-order chi connectivity index (χ0) is 9.10. The van der Waals surface area contributed by atoms with E-state index in [1.165, 1.54) is 17.1 Å². The number of thioether (sulfide) groups is 1. The summed E-state index contributed by atoms with van der Waals surface area (Å²) in [6.07, 6.45) is 4.29. The van der Waals surface area contributed by atoms with Crippen molar-refractivity contribution in [2.75, 3.05) is 0 Å². The molecule has 0 atom stereocenters. The lowest BCUT2D eigenvalue weighted by Gasteiger charge is -2.24. The predicted molar refractivity (Wildman–Crippen MR) is 58.4 cm³/mol. The number of rotatable bonds is 2. The van der Waals surface area contributed by atoms with Gasteiger partial charge in [-0.05, 0) is 37.1 Å². The van der Waals surface area contributed by atoms with Crippen LogP contribution in [0.15, 0.2) is 21.7 Å². The minimum Gasteiger partial charge on any atom is -0.393 e. The summed E-state index contributed by atoms with van der Waals surface area (Å²) in [5.74, 6) is 0. The van der Waals surface area contributed by atoms with E-state index < -0.39 is 0 Å². The Kier molecular flexibility index (Phi) is 3.30. The van der Waals surface area contributed by atoms with Crippen molar-refractivity contribution in [1.82, 2.24) is 0 Å². The summed E-state index contributed by atoms with van der Waals surface area (Å²) in [5.41, 5.74) is 0. The topological polar surface area (TPSA) is 20.2 Å². The molecule has 72 valence electrons. The molecule has 1 fully saturated rings. The van der Waals surface area contributed by atoms with Crippen molar-refractivity contribution >= 4 is 23.1 Å². The first kappa shape index (κ1) is 9.56. The maximum atomic E-state index is 9.35. The summed E-state index contributed by atoms with van der Waals surface area (Å²) in [5, 5.41) is 12.2. The second-order valence-corrected chi connectivity index (χ2v) is 6.03. The molecule has 0 amide bonds. The van der Waals surface area contributed by atoms with Gasteiger partial charge in [0.15, 0.2) is 0 Å². The van der Waals surface area contributed by atoms with Crippen molar-refractivity contribution in [2.24, 2.45) is 0 Å². The Morgan fingerprint density at radius 3 is 2.69 bits per heavy atom. The normalized spacial score (nSPS) is 29.0. The van der Waals surface area contributed by atoms with Crippen LogP contribution in [-0.2, 0) is 0 Å². The minimum absolute atomic E-state index is 0.0276. The smallest absolute Gasteiger partial charge is 0.0601 e. The third-order valence-electron chi connectivity index (χ3n) is 2.42. The monoisotopic (exact) mass is 214 g/mol. The van der Waals surface area contributed by atoms with E-state index in [9.17, 15) is 5.11 Å². The maximum Gasteiger partial charge on any atom is 0.0601 e. The number of aliphatic hydroxyl groups excluding tert-OH is 1. The van der Waals surface area contributed by atoms with E-state index in [1.54, 1.807) is 0 Å². The number of hydrogen-bond donors (Lipinski definition) is 1. The molecule has 0 spiro atoms. The average molecular weight is 214 g/mol. The van der Waals surface area contributed by atoms with Gasteiger partial charge in [0.25, 0.3) is 0 Å². The van der Waals surface area contributed by atoms with Gasteiger partial charge < -0.3 is 5.11 Å². The second kappa shape index (κ2) is 4.49. The highest BCUT2D eigenvalue weighted by molar-refractivity contribution is 8.01. The first-order valence-electron chi connectivity index (χ1n) is 4.73. The molecule has 1 aromatic heterocycles. The highest BCUT2D eigenvalue weighted by atomic mass is 32.2. The predicted octanol–water partition coefficient (Wildman–Crippen LogP) is 3.14. The molecule has 1 N–H and O–H groups in total. The van der Waals surface area contributed by atoms with Gasteiger partial charge in [0.1, 0.15) is 0 Å². The van der Waals surface area contributed by atoms with Crippen LogP contribution in [0.2, 0.25) is 0 Å². The summed E-state index contributed by atoms with van der Waals surface area (Å²) in [6.45, 7) is 0. The average Bonchev–Trinajstić information content (AvgIpc) is 2.62. The summed E-state index contributed by atoms with van der Waals surface area (Å²) in [6, 6.07) is 4.28. The standard InChI is InChI=1S/C10H14OS2/c11-8-3-5-9(6-4-8)13-10-2-1-7-12-10/h1-2,7-9,11H,3-6H2. The number of thiophene rings is 1. The van der Waals surface area contributed by atoms with Crippen LogP contribution >= 0.6 is 23.1 Å². The molecule has 1 nitrogen and oxygen atoms in total. The van der Waals surface area contributed by atoms with Crippen molar-refractivity contribution in [3.05, 3.63) is 17.5 Å².